The first-order chi connectivity index (χ1) is 11.2. The molecule has 0 aliphatic rings. The van der Waals surface area contributed by atoms with Gasteiger partial charge in [-0.3, -0.25) is 9.78 Å². The number of nitrogens with one attached hydrogen (secondary N) is 2. The molecular formula is C16H12ClN5O. The second-order valence-electron chi connectivity index (χ2n) is 4.60. The van der Waals surface area contributed by atoms with E-state index in [1.807, 2.05) is 18.2 Å². The number of amides is 1. The second kappa shape index (κ2) is 6.85. The first-order valence-corrected chi connectivity index (χ1v) is 7.17. The van der Waals surface area contributed by atoms with Crippen molar-refractivity contribution in [1.82, 2.24) is 15.2 Å². The molecule has 0 aliphatic carbocycles. The molecule has 3 aromatic rings. The minimum absolute atomic E-state index is 0.292. The molecule has 1 amide bonds. The lowest BCUT2D eigenvalue weighted by Gasteiger charge is -2.07. The van der Waals surface area contributed by atoms with Crippen LogP contribution in [0.15, 0.2) is 60.9 Å². The van der Waals surface area contributed by atoms with Crippen molar-refractivity contribution in [2.24, 2.45) is 0 Å². The van der Waals surface area contributed by atoms with Gasteiger partial charge in [0.25, 0.3) is 5.91 Å². The molecule has 114 valence electrons. The summed E-state index contributed by atoms with van der Waals surface area (Å²) < 4.78 is 0. The quantitative estimate of drug-likeness (QED) is 0.767. The molecule has 2 aromatic heterocycles. The minimum atomic E-state index is -0.292. The predicted octanol–water partition coefficient (Wildman–Crippen LogP) is 3.52. The maximum Gasteiger partial charge on any atom is 0.258 e. The van der Waals surface area contributed by atoms with E-state index in [-0.39, 0.29) is 5.91 Å². The number of halogens is 1. The Balaban J connectivity index is 1.68. The fourth-order valence-electron chi connectivity index (χ4n) is 1.85. The summed E-state index contributed by atoms with van der Waals surface area (Å²) in [5, 5.41) is 14.3. The number of hydrogen-bond acceptors (Lipinski definition) is 5. The maximum absolute atomic E-state index is 12.0. The predicted molar refractivity (Wildman–Crippen MR) is 89.0 cm³/mol. The van der Waals surface area contributed by atoms with Gasteiger partial charge in [0.2, 0.25) is 0 Å². The van der Waals surface area contributed by atoms with E-state index < -0.39 is 0 Å². The molecule has 2 N–H and O–H groups in total. The number of anilines is 3. The highest BCUT2D eigenvalue weighted by molar-refractivity contribution is 6.33. The lowest BCUT2D eigenvalue weighted by molar-refractivity contribution is 0.102. The van der Waals surface area contributed by atoms with Gasteiger partial charge in [-0.1, -0.05) is 23.7 Å². The maximum atomic E-state index is 12.0. The van der Waals surface area contributed by atoms with Crippen molar-refractivity contribution in [3.05, 3.63) is 71.5 Å². The molecule has 0 unspecified atom stereocenters. The molecule has 3 rings (SSSR count). The van der Waals surface area contributed by atoms with Crippen LogP contribution in [0.25, 0.3) is 0 Å². The van der Waals surface area contributed by atoms with Gasteiger partial charge in [0.05, 0.1) is 16.3 Å². The van der Waals surface area contributed by atoms with E-state index in [2.05, 4.69) is 25.8 Å². The lowest BCUT2D eigenvalue weighted by atomic mass is 10.3. The molecule has 23 heavy (non-hydrogen) atoms. The molecule has 6 nitrogen and oxygen atoms in total. The molecule has 0 aliphatic heterocycles. The summed E-state index contributed by atoms with van der Waals surface area (Å²) in [6, 6.07) is 14.0. The molecule has 0 fully saturated rings. The van der Waals surface area contributed by atoms with Crippen LogP contribution in [-0.2, 0) is 0 Å². The first kappa shape index (κ1) is 14.9. The molecule has 7 heteroatoms. The summed E-state index contributed by atoms with van der Waals surface area (Å²) in [6.07, 6.45) is 3.09. The van der Waals surface area contributed by atoms with Crippen LogP contribution < -0.4 is 10.6 Å². The Kier molecular flexibility index (Phi) is 4.44. The van der Waals surface area contributed by atoms with E-state index >= 15 is 0 Å². The highest BCUT2D eigenvalue weighted by Crippen LogP contribution is 2.23. The largest absolute Gasteiger partial charge is 0.338 e. The number of pyridine rings is 1. The highest BCUT2D eigenvalue weighted by atomic mass is 35.5. The Hall–Kier alpha value is -2.99. The van der Waals surface area contributed by atoms with Gasteiger partial charge >= 0.3 is 0 Å². The Morgan fingerprint density at radius 3 is 2.43 bits per heavy atom. The van der Waals surface area contributed by atoms with Crippen molar-refractivity contribution in [1.29, 1.82) is 0 Å². The summed E-state index contributed by atoms with van der Waals surface area (Å²) in [4.78, 5) is 15.9. The van der Waals surface area contributed by atoms with Crippen LogP contribution in [0, 0.1) is 0 Å². The van der Waals surface area contributed by atoms with E-state index in [1.165, 1.54) is 6.20 Å². The zero-order valence-corrected chi connectivity index (χ0v) is 12.7. The van der Waals surface area contributed by atoms with Crippen molar-refractivity contribution in [3.8, 4) is 0 Å². The van der Waals surface area contributed by atoms with Gasteiger partial charge in [0.1, 0.15) is 0 Å². The number of aromatic nitrogens is 3. The van der Waals surface area contributed by atoms with Crippen LogP contribution in [0.3, 0.4) is 0 Å². The van der Waals surface area contributed by atoms with E-state index in [4.69, 9.17) is 11.6 Å². The Morgan fingerprint density at radius 1 is 0.957 bits per heavy atom. The molecule has 0 saturated heterocycles. The standard InChI is InChI=1S/C16H12ClN5O/c17-12-5-1-2-6-13(12)19-14-7-8-15(22-21-14)20-16(23)11-4-3-9-18-10-11/h1-10H,(H,19,21)(H,20,22,23). The summed E-state index contributed by atoms with van der Waals surface area (Å²) in [6.45, 7) is 0. The van der Waals surface area contributed by atoms with E-state index in [9.17, 15) is 4.79 Å². The van der Waals surface area contributed by atoms with E-state index in [1.54, 1.807) is 36.5 Å². The molecule has 0 bridgehead atoms. The molecule has 0 spiro atoms. The van der Waals surface area contributed by atoms with Crippen molar-refractivity contribution >= 4 is 34.8 Å². The van der Waals surface area contributed by atoms with Crippen molar-refractivity contribution in [3.63, 3.8) is 0 Å². The third-order valence-corrected chi connectivity index (χ3v) is 3.30. The molecule has 1 aromatic carbocycles. The van der Waals surface area contributed by atoms with Crippen LogP contribution in [0.5, 0.6) is 0 Å². The topological polar surface area (TPSA) is 79.8 Å². The van der Waals surface area contributed by atoms with Gasteiger partial charge in [-0.05, 0) is 36.4 Å². The number of rotatable bonds is 4. The number of para-hydroxylation sites is 1. The van der Waals surface area contributed by atoms with Gasteiger partial charge in [-0.2, -0.15) is 0 Å². The van der Waals surface area contributed by atoms with E-state index in [0.29, 0.717) is 22.2 Å². The SMILES string of the molecule is O=C(Nc1ccc(Nc2ccccc2Cl)nn1)c1cccnc1. The summed E-state index contributed by atoms with van der Waals surface area (Å²) in [5.41, 5.74) is 1.18. The molecule has 2 heterocycles. The van der Waals surface area contributed by atoms with E-state index in [0.717, 1.165) is 5.69 Å². The second-order valence-corrected chi connectivity index (χ2v) is 5.01. The van der Waals surface area contributed by atoms with Crippen LogP contribution in [-0.4, -0.2) is 21.1 Å². The van der Waals surface area contributed by atoms with Crippen molar-refractivity contribution in [2.45, 2.75) is 0 Å². The number of benzene rings is 1. The average Bonchev–Trinajstić information content (AvgIpc) is 2.59. The van der Waals surface area contributed by atoms with Crippen LogP contribution in [0.2, 0.25) is 5.02 Å². The Labute approximate surface area is 137 Å². The van der Waals surface area contributed by atoms with Gasteiger partial charge < -0.3 is 10.6 Å². The van der Waals surface area contributed by atoms with Gasteiger partial charge in [0, 0.05) is 12.4 Å². The zero-order valence-electron chi connectivity index (χ0n) is 11.9. The summed E-state index contributed by atoms with van der Waals surface area (Å²) in [5.74, 6) is 0.584. The number of carbonyl (C=O) groups excluding carboxylic acids is 1. The Morgan fingerprint density at radius 2 is 1.74 bits per heavy atom. The lowest BCUT2D eigenvalue weighted by Crippen LogP contribution is -2.13. The fraction of sp³-hybridized carbons (Fsp3) is 0. The van der Waals surface area contributed by atoms with Crippen molar-refractivity contribution < 1.29 is 4.79 Å². The zero-order chi connectivity index (χ0) is 16.1. The molecule has 0 saturated carbocycles. The van der Waals surface area contributed by atoms with Crippen LogP contribution in [0.4, 0.5) is 17.3 Å². The van der Waals surface area contributed by atoms with Crippen molar-refractivity contribution in [2.75, 3.05) is 10.6 Å². The van der Waals surface area contributed by atoms with Crippen LogP contribution >= 0.6 is 11.6 Å². The third-order valence-electron chi connectivity index (χ3n) is 2.97. The Bertz CT molecular complexity index is 808. The normalized spacial score (nSPS) is 10.1. The van der Waals surface area contributed by atoms with Gasteiger partial charge in [-0.25, -0.2) is 0 Å². The first-order valence-electron chi connectivity index (χ1n) is 6.79. The monoisotopic (exact) mass is 325 g/mol. The minimum Gasteiger partial charge on any atom is -0.338 e. The summed E-state index contributed by atoms with van der Waals surface area (Å²) >= 11 is 6.07. The molecular weight excluding hydrogens is 314 g/mol. The third kappa shape index (κ3) is 3.81. The fourth-order valence-corrected chi connectivity index (χ4v) is 2.03. The number of hydrogen-bond donors (Lipinski definition) is 2. The van der Waals surface area contributed by atoms with Gasteiger partial charge in [0.15, 0.2) is 11.6 Å². The summed E-state index contributed by atoms with van der Waals surface area (Å²) in [7, 11) is 0. The average molecular weight is 326 g/mol. The van der Waals surface area contributed by atoms with Crippen LogP contribution in [0.1, 0.15) is 10.4 Å². The molecule has 0 atom stereocenters. The molecule has 0 radical (unpaired) electrons. The number of carbonyl (C=O) groups is 1. The smallest absolute Gasteiger partial charge is 0.258 e. The van der Waals surface area contributed by atoms with Gasteiger partial charge in [-0.15, -0.1) is 10.2 Å². The highest BCUT2D eigenvalue weighted by Gasteiger charge is 2.07. The number of nitrogens with zero attached hydrogens (tertiary/aromatic N) is 3.